The second-order valence-electron chi connectivity index (χ2n) is 13.3. The van der Waals surface area contributed by atoms with Gasteiger partial charge in [-0.2, -0.15) is 0 Å². The van der Waals surface area contributed by atoms with E-state index in [9.17, 15) is 56.9 Å². The number of hydrogen-bond donors (Lipinski definition) is 0. The molecular weight excluding hydrogens is 871 g/mol. The monoisotopic (exact) mass is 890 g/mol. The lowest BCUT2D eigenvalue weighted by Crippen LogP contribution is -2.81. The van der Waals surface area contributed by atoms with Gasteiger partial charge in [0.25, 0.3) is 0 Å². The van der Waals surface area contributed by atoms with Gasteiger partial charge >= 0.3 is 0 Å². The summed E-state index contributed by atoms with van der Waals surface area (Å²) < 4.78 is 306. The van der Waals surface area contributed by atoms with E-state index in [2.05, 4.69) is 38.1 Å². The van der Waals surface area contributed by atoms with E-state index >= 15 is 35.1 Å². The SMILES string of the molecule is CC(C)c1ccc(C[S+](C)(C)=O)cc1.Fc1c(F)c(F)c([B-](c2c(F)c(F)c(F)c(F)c2F)(c2c(F)c(F)c(F)c(F)c2F)c2c(F)c(F)c(F)c(F)c2F)c(F)c1F. The zero-order chi connectivity index (χ0) is 45.1. The fraction of sp³-hybridized carbons (Fsp3) is 0.167. The first-order chi connectivity index (χ1) is 27.1. The second kappa shape index (κ2) is 16.5. The number of halogens is 20. The summed E-state index contributed by atoms with van der Waals surface area (Å²) in [5, 5.41) is 0. The van der Waals surface area contributed by atoms with Crippen molar-refractivity contribution < 1.29 is 92.0 Å². The molecular formula is C36H19BF20OS. The van der Waals surface area contributed by atoms with Crippen molar-refractivity contribution >= 4 is 37.9 Å². The third-order valence-corrected chi connectivity index (χ3v) is 9.90. The molecule has 0 aliphatic heterocycles. The normalized spacial score (nSPS) is 12.0. The molecule has 0 saturated heterocycles. The van der Waals surface area contributed by atoms with Crippen LogP contribution in [0.3, 0.4) is 0 Å². The lowest BCUT2D eigenvalue weighted by atomic mass is 9.12. The Kier molecular flexibility index (Phi) is 13.0. The zero-order valence-electron chi connectivity index (χ0n) is 29.5. The van der Waals surface area contributed by atoms with E-state index in [1.54, 1.807) is 0 Å². The maximum Gasteiger partial charge on any atom is 0.200 e. The Morgan fingerprint density at radius 3 is 0.729 bits per heavy atom. The molecule has 1 nitrogen and oxygen atoms in total. The quantitative estimate of drug-likeness (QED) is 0.0525. The van der Waals surface area contributed by atoms with Crippen LogP contribution < -0.4 is 21.9 Å². The van der Waals surface area contributed by atoms with Crippen molar-refractivity contribution in [2.45, 2.75) is 25.5 Å². The molecule has 0 heterocycles. The van der Waals surface area contributed by atoms with Crippen LogP contribution in [0, 0.1) is 116 Å². The summed E-state index contributed by atoms with van der Waals surface area (Å²) in [5.41, 5.74) is -11.8. The molecule has 0 saturated carbocycles. The number of rotatable bonds is 7. The smallest absolute Gasteiger partial charge is 0.200 e. The van der Waals surface area contributed by atoms with E-state index in [-0.39, 0.29) is 0 Å². The third kappa shape index (κ3) is 7.65. The Bertz CT molecular complexity index is 2170. The van der Waals surface area contributed by atoms with Crippen LogP contribution in [-0.4, -0.2) is 18.7 Å². The molecule has 0 aliphatic rings. The van der Waals surface area contributed by atoms with Crippen LogP contribution in [0.4, 0.5) is 87.8 Å². The highest BCUT2D eigenvalue weighted by atomic mass is 32.2. The van der Waals surface area contributed by atoms with Gasteiger partial charge in [0.1, 0.15) is 70.9 Å². The van der Waals surface area contributed by atoms with Crippen LogP contribution in [0.25, 0.3) is 0 Å². The first kappa shape index (κ1) is 46.6. The van der Waals surface area contributed by atoms with E-state index in [1.807, 2.05) is 12.5 Å². The second-order valence-corrected chi connectivity index (χ2v) is 16.4. The average Bonchev–Trinajstić information content (AvgIpc) is 3.17. The first-order valence-electron chi connectivity index (χ1n) is 15.8. The maximum atomic E-state index is 15.4. The molecule has 0 atom stereocenters. The zero-order valence-corrected chi connectivity index (χ0v) is 30.4. The molecule has 0 radical (unpaired) electrons. The fourth-order valence-electron chi connectivity index (χ4n) is 6.27. The van der Waals surface area contributed by atoms with Gasteiger partial charge in [0.05, 0.1) is 9.93 Å². The molecule has 59 heavy (non-hydrogen) atoms. The van der Waals surface area contributed by atoms with Gasteiger partial charge < -0.3 is 0 Å². The van der Waals surface area contributed by atoms with Gasteiger partial charge in [0.15, 0.2) is 69.8 Å². The first-order valence-corrected chi connectivity index (χ1v) is 18.4. The van der Waals surface area contributed by atoms with Gasteiger partial charge in [-0.3, -0.25) is 0 Å². The van der Waals surface area contributed by atoms with Gasteiger partial charge in [0, 0.05) is 5.56 Å². The van der Waals surface area contributed by atoms with Crippen LogP contribution >= 0.6 is 0 Å². The fourth-order valence-corrected chi connectivity index (χ4v) is 7.27. The van der Waals surface area contributed by atoms with E-state index in [4.69, 9.17) is 0 Å². The van der Waals surface area contributed by atoms with Crippen molar-refractivity contribution in [1.82, 2.24) is 0 Å². The minimum absolute atomic E-state index is 0.566. The minimum atomic E-state index is -7.22. The van der Waals surface area contributed by atoms with Crippen LogP contribution in [-0.2, 0) is 19.9 Å². The van der Waals surface area contributed by atoms with Gasteiger partial charge in [-0.25, -0.2) is 87.8 Å². The minimum Gasteiger partial charge on any atom is -0.207 e. The van der Waals surface area contributed by atoms with Crippen molar-refractivity contribution in [2.24, 2.45) is 0 Å². The van der Waals surface area contributed by atoms with E-state index in [1.165, 1.54) is 11.1 Å². The Labute approximate surface area is 319 Å². The molecule has 0 N–H and O–H groups in total. The van der Waals surface area contributed by atoms with Gasteiger partial charge in [-0.05, 0) is 11.5 Å². The molecule has 0 spiro atoms. The molecule has 0 unspecified atom stereocenters. The molecule has 0 amide bonds. The molecule has 0 aliphatic carbocycles. The molecule has 5 aromatic rings. The summed E-state index contributed by atoms with van der Waals surface area (Å²) in [5.74, 6) is -70.2. The van der Waals surface area contributed by atoms with Gasteiger partial charge in [-0.1, -0.05) is 38.1 Å². The Morgan fingerprint density at radius 2 is 0.559 bits per heavy atom. The summed E-state index contributed by atoms with van der Waals surface area (Å²) in [4.78, 5) is 0. The highest BCUT2D eigenvalue weighted by Crippen LogP contribution is 2.31. The van der Waals surface area contributed by atoms with Crippen LogP contribution in [0.1, 0.15) is 30.9 Å². The summed E-state index contributed by atoms with van der Waals surface area (Å²) in [6, 6.07) is 8.43. The van der Waals surface area contributed by atoms with Gasteiger partial charge in [-0.15, -0.1) is 26.1 Å². The summed E-state index contributed by atoms with van der Waals surface area (Å²) >= 11 is 0. The molecule has 5 rings (SSSR count). The van der Waals surface area contributed by atoms with E-state index in [0.717, 1.165) is 0 Å². The van der Waals surface area contributed by atoms with Gasteiger partial charge in [0.2, 0.25) is 0 Å². The van der Waals surface area contributed by atoms with Crippen molar-refractivity contribution in [3.63, 3.8) is 0 Å². The van der Waals surface area contributed by atoms with Crippen LogP contribution in [0.2, 0.25) is 0 Å². The third-order valence-electron chi connectivity index (χ3n) is 8.87. The average molecular weight is 890 g/mol. The lowest BCUT2D eigenvalue weighted by molar-refractivity contribution is 0.378. The standard InChI is InChI=1S/C24BF20.C12H19OS/c26-5-1(6(27)14(35)21(42)13(5)34)25(2-7(28)15(36)22(43)16(37)8(2)29,3-9(30)17(38)23(44)18(39)10(3)31)4-11(32)19(40)24(45)20(41)12(4)33;1-10(2)12-7-5-11(6-8-12)9-14(3,4)13/h;5-8,10H,9H2,1-4H3/q-1;+1. The van der Waals surface area contributed by atoms with E-state index in [0.29, 0.717) is 11.7 Å². The lowest BCUT2D eigenvalue weighted by Gasteiger charge is -2.44. The highest BCUT2D eigenvalue weighted by molar-refractivity contribution is 8.00. The number of benzene rings is 5. The Balaban J connectivity index is 0.000000464. The Hall–Kier alpha value is -5.09. The molecule has 318 valence electrons. The molecule has 5 aromatic carbocycles. The van der Waals surface area contributed by atoms with Crippen molar-refractivity contribution in [3.8, 4) is 0 Å². The maximum absolute atomic E-state index is 15.4. The van der Waals surface area contributed by atoms with Crippen molar-refractivity contribution in [1.29, 1.82) is 0 Å². The van der Waals surface area contributed by atoms with Crippen molar-refractivity contribution in [2.75, 3.05) is 12.5 Å². The predicted molar refractivity (Wildman–Crippen MR) is 173 cm³/mol. The Morgan fingerprint density at radius 1 is 0.373 bits per heavy atom. The highest BCUT2D eigenvalue weighted by Gasteiger charge is 2.52. The molecule has 0 fully saturated rings. The van der Waals surface area contributed by atoms with Crippen LogP contribution in [0.5, 0.6) is 0 Å². The van der Waals surface area contributed by atoms with Crippen LogP contribution in [0.15, 0.2) is 24.3 Å². The van der Waals surface area contributed by atoms with E-state index < -0.39 is 154 Å². The molecule has 0 aromatic heterocycles. The molecule has 23 heteroatoms. The topological polar surface area (TPSA) is 17.1 Å². The largest absolute Gasteiger partial charge is 0.207 e. The molecule has 0 bridgehead atoms. The summed E-state index contributed by atoms with van der Waals surface area (Å²) in [7, 11) is -1.66. The number of hydrogen-bond acceptors (Lipinski definition) is 1. The summed E-state index contributed by atoms with van der Waals surface area (Å²) in [6.07, 6.45) is -3.60. The van der Waals surface area contributed by atoms with Crippen molar-refractivity contribution in [3.05, 3.63) is 152 Å². The summed E-state index contributed by atoms with van der Waals surface area (Å²) in [6.45, 7) is 4.36. The predicted octanol–water partition coefficient (Wildman–Crippen LogP) is 8.92.